The fourth-order valence-corrected chi connectivity index (χ4v) is 1.87. The lowest BCUT2D eigenvalue weighted by molar-refractivity contribution is 0.300. The summed E-state index contributed by atoms with van der Waals surface area (Å²) in [4.78, 5) is 0. The number of rotatable bonds is 5. The molecule has 2 aromatic carbocycles. The molecule has 0 fully saturated rings. The van der Waals surface area contributed by atoms with Crippen molar-refractivity contribution in [2.45, 2.75) is 26.0 Å². The van der Waals surface area contributed by atoms with Gasteiger partial charge in [0.25, 0.3) is 0 Å². The number of para-hydroxylation sites is 1. The monoisotopic (exact) mass is 277 g/mol. The number of nitrogens with two attached hydrogens (primary N) is 1. The number of hydrogen-bond donors (Lipinski definition) is 1. The van der Waals surface area contributed by atoms with Crippen LogP contribution in [0.1, 0.15) is 30.5 Å². The van der Waals surface area contributed by atoms with E-state index in [1.54, 1.807) is 0 Å². The maximum absolute atomic E-state index is 6.08. The van der Waals surface area contributed by atoms with Crippen molar-refractivity contribution in [3.8, 4) is 5.75 Å². The van der Waals surface area contributed by atoms with Crippen molar-refractivity contribution in [2.24, 2.45) is 5.73 Å². The molecule has 0 unspecified atom stereocenters. The van der Waals surface area contributed by atoms with Gasteiger partial charge in [0.15, 0.2) is 0 Å². The molecule has 0 amide bonds. The minimum atomic E-state index is 0. The van der Waals surface area contributed by atoms with Crippen LogP contribution in [0.5, 0.6) is 5.75 Å². The van der Waals surface area contributed by atoms with Crippen LogP contribution in [0.2, 0.25) is 0 Å². The van der Waals surface area contributed by atoms with Gasteiger partial charge in [-0.15, -0.1) is 12.4 Å². The van der Waals surface area contributed by atoms with Gasteiger partial charge in [0.1, 0.15) is 12.4 Å². The average molecular weight is 278 g/mol. The van der Waals surface area contributed by atoms with E-state index in [-0.39, 0.29) is 18.4 Å². The van der Waals surface area contributed by atoms with Crippen molar-refractivity contribution in [1.82, 2.24) is 0 Å². The Hall–Kier alpha value is -1.51. The predicted molar refractivity (Wildman–Crippen MR) is 81.7 cm³/mol. The number of ether oxygens (including phenoxy) is 1. The van der Waals surface area contributed by atoms with Gasteiger partial charge >= 0.3 is 0 Å². The van der Waals surface area contributed by atoms with Gasteiger partial charge in [-0.1, -0.05) is 55.5 Å². The highest BCUT2D eigenvalue weighted by Crippen LogP contribution is 2.26. The number of hydrogen-bond acceptors (Lipinski definition) is 2. The topological polar surface area (TPSA) is 35.2 Å². The largest absolute Gasteiger partial charge is 0.489 e. The lowest BCUT2D eigenvalue weighted by Gasteiger charge is -2.15. The first-order valence-electron chi connectivity index (χ1n) is 6.32. The van der Waals surface area contributed by atoms with E-state index in [9.17, 15) is 0 Å². The van der Waals surface area contributed by atoms with Gasteiger partial charge in [0, 0.05) is 11.6 Å². The third kappa shape index (κ3) is 4.27. The predicted octanol–water partition coefficient (Wildman–Crippen LogP) is 4.10. The molecule has 2 N–H and O–H groups in total. The molecule has 102 valence electrons. The lowest BCUT2D eigenvalue weighted by atomic mass is 10.0. The van der Waals surface area contributed by atoms with Crippen LogP contribution >= 0.6 is 12.4 Å². The first-order chi connectivity index (χ1) is 8.81. The molecule has 0 aromatic heterocycles. The van der Waals surface area contributed by atoms with Crippen molar-refractivity contribution in [2.75, 3.05) is 0 Å². The fourth-order valence-electron chi connectivity index (χ4n) is 1.87. The van der Waals surface area contributed by atoms with Crippen molar-refractivity contribution in [3.05, 3.63) is 65.7 Å². The minimum Gasteiger partial charge on any atom is -0.489 e. The van der Waals surface area contributed by atoms with Gasteiger partial charge in [0.05, 0.1) is 0 Å². The zero-order valence-corrected chi connectivity index (χ0v) is 11.9. The molecule has 1 atom stereocenters. The molecule has 2 aromatic rings. The zero-order valence-electron chi connectivity index (χ0n) is 11.1. The van der Waals surface area contributed by atoms with E-state index in [0.29, 0.717) is 6.61 Å². The zero-order chi connectivity index (χ0) is 12.8. The average Bonchev–Trinajstić information content (AvgIpc) is 2.45. The Balaban J connectivity index is 0.00000180. The van der Waals surface area contributed by atoms with E-state index >= 15 is 0 Å². The Bertz CT molecular complexity index is 487. The SMILES string of the molecule is CC[C@@H](N)c1ccccc1OCc1ccccc1.Cl. The van der Waals surface area contributed by atoms with Crippen LogP contribution in [-0.4, -0.2) is 0 Å². The van der Waals surface area contributed by atoms with Crippen molar-refractivity contribution >= 4 is 12.4 Å². The summed E-state index contributed by atoms with van der Waals surface area (Å²) < 4.78 is 5.87. The van der Waals surface area contributed by atoms with Gasteiger partial charge in [-0.2, -0.15) is 0 Å². The van der Waals surface area contributed by atoms with Crippen molar-refractivity contribution in [1.29, 1.82) is 0 Å². The molecule has 0 aliphatic rings. The maximum atomic E-state index is 6.08. The normalized spacial score (nSPS) is 11.5. The Morgan fingerprint density at radius 3 is 2.32 bits per heavy atom. The first-order valence-corrected chi connectivity index (χ1v) is 6.32. The Kier molecular flexibility index (Phi) is 6.40. The summed E-state index contributed by atoms with van der Waals surface area (Å²) in [7, 11) is 0. The molecular formula is C16H20ClNO. The second kappa shape index (κ2) is 7.82. The highest BCUT2D eigenvalue weighted by molar-refractivity contribution is 5.85. The molecule has 19 heavy (non-hydrogen) atoms. The standard InChI is InChI=1S/C16H19NO.ClH/c1-2-15(17)14-10-6-7-11-16(14)18-12-13-8-4-3-5-9-13;/h3-11,15H,2,12,17H2,1H3;1H/t15-;/m1./s1. The summed E-state index contributed by atoms with van der Waals surface area (Å²) in [6.45, 7) is 2.66. The maximum Gasteiger partial charge on any atom is 0.124 e. The molecule has 0 saturated heterocycles. The van der Waals surface area contributed by atoms with E-state index < -0.39 is 0 Å². The molecule has 0 heterocycles. The van der Waals surface area contributed by atoms with Crippen LogP contribution in [-0.2, 0) is 6.61 Å². The van der Waals surface area contributed by atoms with E-state index in [4.69, 9.17) is 10.5 Å². The number of halogens is 1. The van der Waals surface area contributed by atoms with Crippen LogP contribution in [0.3, 0.4) is 0 Å². The minimum absolute atomic E-state index is 0. The highest BCUT2D eigenvalue weighted by atomic mass is 35.5. The molecule has 0 saturated carbocycles. The van der Waals surface area contributed by atoms with Crippen LogP contribution in [0, 0.1) is 0 Å². The second-order valence-corrected chi connectivity index (χ2v) is 4.33. The number of benzene rings is 2. The third-order valence-electron chi connectivity index (χ3n) is 3.00. The molecule has 0 aliphatic heterocycles. The smallest absolute Gasteiger partial charge is 0.124 e. The Morgan fingerprint density at radius 2 is 1.63 bits per heavy atom. The molecule has 0 radical (unpaired) electrons. The molecule has 3 heteroatoms. The second-order valence-electron chi connectivity index (χ2n) is 4.33. The summed E-state index contributed by atoms with van der Waals surface area (Å²) in [5.41, 5.74) is 8.33. The van der Waals surface area contributed by atoms with Gasteiger partial charge in [0.2, 0.25) is 0 Å². The van der Waals surface area contributed by atoms with Crippen LogP contribution in [0.25, 0.3) is 0 Å². The first kappa shape index (κ1) is 15.5. The molecule has 2 rings (SSSR count). The molecule has 0 bridgehead atoms. The van der Waals surface area contributed by atoms with Crippen LogP contribution < -0.4 is 10.5 Å². The highest BCUT2D eigenvalue weighted by Gasteiger charge is 2.09. The van der Waals surface area contributed by atoms with Crippen molar-refractivity contribution in [3.63, 3.8) is 0 Å². The van der Waals surface area contributed by atoms with Gasteiger partial charge < -0.3 is 10.5 Å². The fraction of sp³-hybridized carbons (Fsp3) is 0.250. The lowest BCUT2D eigenvalue weighted by Crippen LogP contribution is -2.10. The van der Waals surface area contributed by atoms with Crippen LogP contribution in [0.15, 0.2) is 54.6 Å². The van der Waals surface area contributed by atoms with Gasteiger partial charge in [-0.3, -0.25) is 0 Å². The summed E-state index contributed by atoms with van der Waals surface area (Å²) in [5, 5.41) is 0. The molecule has 2 nitrogen and oxygen atoms in total. The summed E-state index contributed by atoms with van der Waals surface area (Å²) in [6.07, 6.45) is 0.908. The summed E-state index contributed by atoms with van der Waals surface area (Å²) in [5.74, 6) is 0.885. The molecular weight excluding hydrogens is 258 g/mol. The van der Waals surface area contributed by atoms with E-state index in [1.165, 1.54) is 0 Å². The van der Waals surface area contributed by atoms with E-state index in [0.717, 1.165) is 23.3 Å². The quantitative estimate of drug-likeness (QED) is 0.893. The van der Waals surface area contributed by atoms with Gasteiger partial charge in [-0.05, 0) is 18.1 Å². The van der Waals surface area contributed by atoms with Crippen molar-refractivity contribution < 1.29 is 4.74 Å². The molecule has 0 aliphatic carbocycles. The van der Waals surface area contributed by atoms with Gasteiger partial charge in [-0.25, -0.2) is 0 Å². The Morgan fingerprint density at radius 1 is 1.00 bits per heavy atom. The summed E-state index contributed by atoms with van der Waals surface area (Å²) in [6, 6.07) is 18.2. The van der Waals surface area contributed by atoms with E-state index in [1.807, 2.05) is 42.5 Å². The molecule has 0 spiro atoms. The van der Waals surface area contributed by atoms with Crippen LogP contribution in [0.4, 0.5) is 0 Å². The Labute approximate surface area is 121 Å². The van der Waals surface area contributed by atoms with E-state index in [2.05, 4.69) is 19.1 Å². The summed E-state index contributed by atoms with van der Waals surface area (Å²) >= 11 is 0. The third-order valence-corrected chi connectivity index (χ3v) is 3.00.